The molecular weight excluding hydrogens is 1020 g/mol. The molecular formula is C76H82N8. The highest BCUT2D eigenvalue weighted by Crippen LogP contribution is 2.53. The molecule has 0 fully saturated rings. The van der Waals surface area contributed by atoms with Crippen LogP contribution >= 0.6 is 0 Å². The Kier molecular flexibility index (Phi) is 13.6. The fraction of sp³-hybridized carbons (Fsp3) is 0.263. The first-order chi connectivity index (χ1) is 39.9. The van der Waals surface area contributed by atoms with Gasteiger partial charge in [0.2, 0.25) is 0 Å². The summed E-state index contributed by atoms with van der Waals surface area (Å²) in [5.41, 5.74) is 17.9. The van der Waals surface area contributed by atoms with Gasteiger partial charge in [-0.1, -0.05) is 156 Å². The number of hydrogen-bond acceptors (Lipinski definition) is 4. The van der Waals surface area contributed by atoms with E-state index < -0.39 is 0 Å². The average Bonchev–Trinajstić information content (AvgIpc) is 0.929. The summed E-state index contributed by atoms with van der Waals surface area (Å²) >= 11 is 0. The first-order valence-corrected chi connectivity index (χ1v) is 29.8. The van der Waals surface area contributed by atoms with Crippen LogP contribution in [0.2, 0.25) is 0 Å². The molecule has 84 heavy (non-hydrogen) atoms. The molecule has 0 aliphatic carbocycles. The van der Waals surface area contributed by atoms with Crippen LogP contribution in [0.25, 0.3) is 32.3 Å². The van der Waals surface area contributed by atoms with E-state index in [1.165, 1.54) is 33.0 Å². The van der Waals surface area contributed by atoms with Gasteiger partial charge in [-0.3, -0.25) is 18.7 Å². The molecule has 0 bridgehead atoms. The zero-order valence-corrected chi connectivity index (χ0v) is 52.2. The zero-order chi connectivity index (χ0) is 59.4. The Morgan fingerprint density at radius 2 is 0.440 bits per heavy atom. The smallest absolute Gasteiger partial charge is 0.0737 e. The van der Waals surface area contributed by atoms with Crippen LogP contribution in [0.3, 0.4) is 0 Å². The van der Waals surface area contributed by atoms with E-state index in [4.69, 9.17) is 0 Å². The van der Waals surface area contributed by atoms with Crippen molar-refractivity contribution in [2.75, 3.05) is 20.0 Å². The number of hydrogen-bond donors (Lipinski definition) is 0. The Morgan fingerprint density at radius 3 is 0.595 bits per heavy atom. The monoisotopic (exact) mass is 1110 g/mol. The lowest BCUT2D eigenvalue weighted by Gasteiger charge is -2.36. The summed E-state index contributed by atoms with van der Waals surface area (Å²) in [6.45, 7) is 36.3. The minimum atomic E-state index is -0.0244. The molecule has 12 aromatic rings. The molecule has 8 nitrogen and oxygen atoms in total. The lowest BCUT2D eigenvalue weighted by atomic mass is 9.87. The summed E-state index contributed by atoms with van der Waals surface area (Å²) in [6, 6.07) is 68.8. The first-order valence-electron chi connectivity index (χ1n) is 29.8. The highest BCUT2D eigenvalue weighted by Gasteiger charge is 2.31. The molecule has 0 atom stereocenters. The Bertz CT molecular complexity index is 3770. The van der Waals surface area contributed by atoms with Crippen molar-refractivity contribution in [1.29, 1.82) is 0 Å². The van der Waals surface area contributed by atoms with Gasteiger partial charge in [0.1, 0.15) is 0 Å². The van der Waals surface area contributed by atoms with Crippen molar-refractivity contribution in [3.63, 3.8) is 0 Å². The lowest BCUT2D eigenvalue weighted by Crippen LogP contribution is -2.28. The Balaban J connectivity index is 1.27. The van der Waals surface area contributed by atoms with Gasteiger partial charge in [-0.2, -0.15) is 0 Å². The molecule has 0 saturated heterocycles. The summed E-state index contributed by atoms with van der Waals surface area (Å²) in [4.78, 5) is 0. The van der Waals surface area contributed by atoms with Gasteiger partial charge in [-0.25, -0.2) is 20.0 Å². The van der Waals surface area contributed by atoms with E-state index in [2.05, 4.69) is 356 Å². The zero-order valence-electron chi connectivity index (χ0n) is 52.2. The van der Waals surface area contributed by atoms with Crippen molar-refractivity contribution in [3.05, 3.63) is 252 Å². The van der Waals surface area contributed by atoms with Crippen LogP contribution in [0.1, 0.15) is 128 Å². The van der Waals surface area contributed by atoms with Crippen LogP contribution in [0.5, 0.6) is 0 Å². The predicted molar refractivity (Wildman–Crippen MR) is 358 cm³/mol. The lowest BCUT2D eigenvalue weighted by molar-refractivity contribution is 0.590. The fourth-order valence-corrected chi connectivity index (χ4v) is 12.3. The fourth-order valence-electron chi connectivity index (χ4n) is 12.3. The van der Waals surface area contributed by atoms with Gasteiger partial charge < -0.3 is 0 Å². The maximum absolute atomic E-state index is 2.44. The molecule has 8 aromatic carbocycles. The Labute approximate surface area is 498 Å². The second-order valence-electron chi connectivity index (χ2n) is 27.3. The molecule has 8 heteroatoms. The standard InChI is InChI=1S/C76H82N8/c1-51-21-17-45-77(51)81(59-33-25-55(26-34-59)73(5,6)7)67-49-68(82(78-46-18-22-52(78)2)60-35-27-56(28-36-60)74(8,9)10)64-43-44-66-70(84(80-48-20-24-54(80)4)62-39-31-58(32-40-62)76(14,15)16)50-69(65-42-41-63(67)71(64)72(65)66)83(79-47-19-23-53(79)3)61-37-29-57(30-38-61)75(11,12)13/h17-50H,1-16H3. The summed E-state index contributed by atoms with van der Waals surface area (Å²) in [5.74, 6) is 0. The minimum Gasteiger partial charge on any atom is -0.261 e. The van der Waals surface area contributed by atoms with E-state index in [0.717, 1.165) is 89.8 Å². The second kappa shape index (κ2) is 20.5. The molecule has 0 amide bonds. The van der Waals surface area contributed by atoms with Crippen LogP contribution in [0.15, 0.2) is 207 Å². The molecule has 12 rings (SSSR count). The molecule has 0 aliphatic rings. The molecule has 4 heterocycles. The average molecular weight is 1110 g/mol. The van der Waals surface area contributed by atoms with Crippen LogP contribution in [-0.4, -0.2) is 18.7 Å². The Morgan fingerprint density at radius 1 is 0.250 bits per heavy atom. The van der Waals surface area contributed by atoms with Crippen LogP contribution in [-0.2, 0) is 21.7 Å². The normalized spacial score (nSPS) is 12.5. The molecule has 0 unspecified atom stereocenters. The van der Waals surface area contributed by atoms with Gasteiger partial charge in [0.05, 0.1) is 45.5 Å². The van der Waals surface area contributed by atoms with E-state index in [-0.39, 0.29) is 21.7 Å². The van der Waals surface area contributed by atoms with Gasteiger partial charge in [0, 0.05) is 79.9 Å². The maximum atomic E-state index is 2.44. The molecule has 0 N–H and O–H groups in total. The summed E-state index contributed by atoms with van der Waals surface area (Å²) < 4.78 is 9.27. The van der Waals surface area contributed by atoms with Crippen molar-refractivity contribution in [1.82, 2.24) is 18.7 Å². The molecule has 0 radical (unpaired) electrons. The van der Waals surface area contributed by atoms with Gasteiger partial charge >= 0.3 is 0 Å². The van der Waals surface area contributed by atoms with Crippen LogP contribution in [0.4, 0.5) is 45.5 Å². The SMILES string of the molecule is Cc1cccn1N(c1ccc(C(C)(C)C)cc1)c1cc(N(c2ccc(C(C)(C)C)cc2)n2cccc2C)c2ccc3c(N(c4ccc(C(C)(C)C)cc4)n4cccc4C)cc(N(c4ccc(C(C)(C)C)cc4)n4cccc4C)c4ccc1c2c43. The van der Waals surface area contributed by atoms with E-state index in [0.29, 0.717) is 0 Å². The molecule has 4 aromatic heterocycles. The van der Waals surface area contributed by atoms with Crippen LogP contribution < -0.4 is 20.0 Å². The van der Waals surface area contributed by atoms with Gasteiger partial charge in [-0.15, -0.1) is 0 Å². The number of benzene rings is 8. The van der Waals surface area contributed by atoms with Crippen molar-refractivity contribution in [3.8, 4) is 0 Å². The summed E-state index contributed by atoms with van der Waals surface area (Å²) in [7, 11) is 0. The van der Waals surface area contributed by atoms with E-state index in [9.17, 15) is 0 Å². The second-order valence-corrected chi connectivity index (χ2v) is 27.3. The van der Waals surface area contributed by atoms with Crippen molar-refractivity contribution in [2.24, 2.45) is 0 Å². The predicted octanol–water partition coefficient (Wildman–Crippen LogP) is 20.6. The van der Waals surface area contributed by atoms with Crippen LogP contribution in [0, 0.1) is 27.7 Å². The van der Waals surface area contributed by atoms with Crippen molar-refractivity contribution >= 4 is 77.8 Å². The molecule has 0 spiro atoms. The third kappa shape index (κ3) is 9.79. The largest absolute Gasteiger partial charge is 0.261 e. The topological polar surface area (TPSA) is 32.7 Å². The van der Waals surface area contributed by atoms with Crippen molar-refractivity contribution in [2.45, 2.75) is 132 Å². The quantitative estimate of drug-likeness (QED) is 0.114. The number of aromatic nitrogens is 4. The highest BCUT2D eigenvalue weighted by atomic mass is 15.6. The number of aryl methyl sites for hydroxylation is 4. The number of anilines is 8. The summed E-state index contributed by atoms with van der Waals surface area (Å²) in [6.07, 6.45) is 8.80. The molecule has 0 aliphatic heterocycles. The molecule has 0 saturated carbocycles. The van der Waals surface area contributed by atoms with E-state index >= 15 is 0 Å². The van der Waals surface area contributed by atoms with Gasteiger partial charge in [0.15, 0.2) is 0 Å². The third-order valence-corrected chi connectivity index (χ3v) is 17.2. The van der Waals surface area contributed by atoms with Gasteiger partial charge in [0.25, 0.3) is 0 Å². The highest BCUT2D eigenvalue weighted by molar-refractivity contribution is 6.32. The maximum Gasteiger partial charge on any atom is 0.0737 e. The van der Waals surface area contributed by atoms with Gasteiger partial charge in [-0.05, 0) is 181 Å². The van der Waals surface area contributed by atoms with E-state index in [1.807, 2.05) is 0 Å². The van der Waals surface area contributed by atoms with Crippen molar-refractivity contribution < 1.29 is 0 Å². The minimum absolute atomic E-state index is 0.0244. The third-order valence-electron chi connectivity index (χ3n) is 17.2. The molecule has 426 valence electrons. The van der Waals surface area contributed by atoms with E-state index in [1.54, 1.807) is 0 Å². The number of nitrogens with zero attached hydrogens (tertiary/aromatic N) is 8. The number of rotatable bonds is 12. The first kappa shape index (κ1) is 55.6. The summed E-state index contributed by atoms with van der Waals surface area (Å²) in [5, 5.41) is 16.6. The Hall–Kier alpha value is -8.88.